The van der Waals surface area contributed by atoms with E-state index in [2.05, 4.69) is 25.3 Å². The molecule has 0 saturated carbocycles. The molecule has 1 heterocycles. The molecule has 70 valence electrons. The van der Waals surface area contributed by atoms with Crippen LogP contribution in [0.15, 0.2) is 0 Å². The molecule has 0 aromatic carbocycles. The zero-order valence-corrected chi connectivity index (χ0v) is 9.48. The number of rotatable bonds is 1. The standard InChI is InChI=1S/C9H19NOSi/c1-7-5-12(3,4)6-9(7)10-8(2)11/h7,9H,5-6H2,1-4H3,(H,10,11). The van der Waals surface area contributed by atoms with Crippen molar-refractivity contribution < 1.29 is 4.79 Å². The van der Waals surface area contributed by atoms with Crippen LogP contribution in [0.2, 0.25) is 25.2 Å². The molecule has 1 saturated heterocycles. The minimum absolute atomic E-state index is 0.124. The van der Waals surface area contributed by atoms with E-state index in [0.717, 1.165) is 0 Å². The Labute approximate surface area is 75.7 Å². The van der Waals surface area contributed by atoms with Crippen molar-refractivity contribution in [1.29, 1.82) is 0 Å². The second-order valence-corrected chi connectivity index (χ2v) is 10.0. The normalized spacial score (nSPS) is 33.3. The summed E-state index contributed by atoms with van der Waals surface area (Å²) in [5.74, 6) is 0.814. The lowest BCUT2D eigenvalue weighted by molar-refractivity contribution is -0.119. The first-order valence-electron chi connectivity index (χ1n) is 4.68. The van der Waals surface area contributed by atoms with Gasteiger partial charge in [0, 0.05) is 21.0 Å². The van der Waals surface area contributed by atoms with Crippen LogP contribution >= 0.6 is 0 Å². The first-order chi connectivity index (χ1) is 5.41. The second-order valence-electron chi connectivity index (χ2n) is 4.86. The summed E-state index contributed by atoms with van der Waals surface area (Å²) in [5, 5.41) is 3.04. The smallest absolute Gasteiger partial charge is 0.217 e. The average molecular weight is 185 g/mol. The topological polar surface area (TPSA) is 29.1 Å². The Morgan fingerprint density at radius 1 is 1.42 bits per heavy atom. The summed E-state index contributed by atoms with van der Waals surface area (Å²) in [5.41, 5.74) is 0. The van der Waals surface area contributed by atoms with E-state index in [1.54, 1.807) is 6.92 Å². The molecule has 2 unspecified atom stereocenters. The molecule has 2 atom stereocenters. The minimum atomic E-state index is -0.948. The number of carbonyl (C=O) groups is 1. The number of nitrogens with one attached hydrogen (secondary N) is 1. The minimum Gasteiger partial charge on any atom is -0.354 e. The zero-order valence-electron chi connectivity index (χ0n) is 8.48. The van der Waals surface area contributed by atoms with E-state index in [1.165, 1.54) is 12.1 Å². The third-order valence-electron chi connectivity index (χ3n) is 2.72. The highest BCUT2D eigenvalue weighted by molar-refractivity contribution is 6.78. The van der Waals surface area contributed by atoms with E-state index >= 15 is 0 Å². The van der Waals surface area contributed by atoms with E-state index in [1.807, 2.05) is 0 Å². The van der Waals surface area contributed by atoms with Gasteiger partial charge in [0.15, 0.2) is 0 Å². The third-order valence-corrected chi connectivity index (χ3v) is 6.02. The predicted octanol–water partition coefficient (Wildman–Crippen LogP) is 1.85. The van der Waals surface area contributed by atoms with Gasteiger partial charge in [-0.2, -0.15) is 0 Å². The molecule has 0 radical (unpaired) electrons. The first-order valence-corrected chi connectivity index (χ1v) is 8.09. The summed E-state index contributed by atoms with van der Waals surface area (Å²) in [6.07, 6.45) is 0. The van der Waals surface area contributed by atoms with Gasteiger partial charge in [0.25, 0.3) is 0 Å². The van der Waals surface area contributed by atoms with Gasteiger partial charge in [0.2, 0.25) is 5.91 Å². The Morgan fingerprint density at radius 3 is 2.33 bits per heavy atom. The van der Waals surface area contributed by atoms with E-state index in [9.17, 15) is 4.79 Å². The van der Waals surface area contributed by atoms with E-state index in [4.69, 9.17) is 0 Å². The van der Waals surface area contributed by atoms with Gasteiger partial charge in [0.05, 0.1) is 0 Å². The summed E-state index contributed by atoms with van der Waals surface area (Å²) in [7, 11) is -0.948. The quantitative estimate of drug-likeness (QED) is 0.621. The van der Waals surface area contributed by atoms with Crippen molar-refractivity contribution in [2.75, 3.05) is 0 Å². The Bertz CT molecular complexity index is 191. The summed E-state index contributed by atoms with van der Waals surface area (Å²) in [6.45, 7) is 8.68. The Morgan fingerprint density at radius 2 is 2.00 bits per heavy atom. The number of carbonyl (C=O) groups excluding carboxylic acids is 1. The largest absolute Gasteiger partial charge is 0.354 e. The van der Waals surface area contributed by atoms with E-state index in [0.29, 0.717) is 12.0 Å². The maximum Gasteiger partial charge on any atom is 0.217 e. The fourth-order valence-corrected chi connectivity index (χ4v) is 6.24. The molecular formula is C9H19NOSi. The van der Waals surface area contributed by atoms with E-state index < -0.39 is 8.07 Å². The molecule has 1 rings (SSSR count). The maximum atomic E-state index is 10.9. The van der Waals surface area contributed by atoms with Gasteiger partial charge < -0.3 is 5.32 Å². The van der Waals surface area contributed by atoms with Crippen molar-refractivity contribution in [3.63, 3.8) is 0 Å². The van der Waals surface area contributed by atoms with Gasteiger partial charge in [0.1, 0.15) is 0 Å². The van der Waals surface area contributed by atoms with Crippen LogP contribution in [0.1, 0.15) is 13.8 Å². The molecule has 0 spiro atoms. The maximum absolute atomic E-state index is 10.9. The third kappa shape index (κ3) is 2.34. The molecule has 0 aromatic rings. The van der Waals surface area contributed by atoms with Crippen molar-refractivity contribution in [2.45, 2.75) is 45.1 Å². The van der Waals surface area contributed by atoms with Gasteiger partial charge >= 0.3 is 0 Å². The lowest BCUT2D eigenvalue weighted by Gasteiger charge is -2.16. The average Bonchev–Trinajstić information content (AvgIpc) is 2.03. The molecule has 2 nitrogen and oxygen atoms in total. The fourth-order valence-electron chi connectivity index (χ4n) is 2.35. The van der Waals surface area contributed by atoms with Crippen LogP contribution in [-0.2, 0) is 4.79 Å². The molecule has 1 amide bonds. The fraction of sp³-hybridized carbons (Fsp3) is 0.889. The Hall–Kier alpha value is -0.313. The lowest BCUT2D eigenvalue weighted by atomic mass is 10.1. The van der Waals surface area contributed by atoms with Crippen LogP contribution in [0.25, 0.3) is 0 Å². The van der Waals surface area contributed by atoms with Crippen molar-refractivity contribution in [2.24, 2.45) is 5.92 Å². The molecule has 0 bridgehead atoms. The number of hydrogen-bond donors (Lipinski definition) is 1. The van der Waals surface area contributed by atoms with Gasteiger partial charge in [-0.3, -0.25) is 4.79 Å². The molecular weight excluding hydrogens is 166 g/mol. The number of hydrogen-bond acceptors (Lipinski definition) is 1. The van der Waals surface area contributed by atoms with Crippen molar-refractivity contribution in [3.8, 4) is 0 Å². The van der Waals surface area contributed by atoms with Gasteiger partial charge in [-0.15, -0.1) is 0 Å². The highest BCUT2D eigenvalue weighted by Crippen LogP contribution is 2.34. The van der Waals surface area contributed by atoms with Gasteiger partial charge in [-0.25, -0.2) is 0 Å². The van der Waals surface area contributed by atoms with E-state index in [-0.39, 0.29) is 5.91 Å². The molecule has 12 heavy (non-hydrogen) atoms. The molecule has 1 aliphatic rings. The molecule has 3 heteroatoms. The SMILES string of the molecule is CC(=O)NC1C[Si](C)(C)CC1C. The van der Waals surface area contributed by atoms with Crippen LogP contribution < -0.4 is 5.32 Å². The highest BCUT2D eigenvalue weighted by Gasteiger charge is 2.38. The van der Waals surface area contributed by atoms with Crippen LogP contribution in [0.4, 0.5) is 0 Å². The molecule has 1 fully saturated rings. The lowest BCUT2D eigenvalue weighted by Crippen LogP contribution is -2.35. The van der Waals surface area contributed by atoms with Crippen LogP contribution in [0.5, 0.6) is 0 Å². The van der Waals surface area contributed by atoms with Crippen molar-refractivity contribution >= 4 is 14.0 Å². The zero-order chi connectivity index (χ0) is 9.35. The molecule has 1 aliphatic heterocycles. The van der Waals surface area contributed by atoms with Crippen LogP contribution in [0, 0.1) is 5.92 Å². The molecule has 1 N–H and O–H groups in total. The van der Waals surface area contributed by atoms with Crippen molar-refractivity contribution in [1.82, 2.24) is 5.32 Å². The monoisotopic (exact) mass is 185 g/mol. The highest BCUT2D eigenvalue weighted by atomic mass is 28.3. The summed E-state index contributed by atoms with van der Waals surface area (Å²) < 4.78 is 0. The van der Waals surface area contributed by atoms with Crippen molar-refractivity contribution in [3.05, 3.63) is 0 Å². The van der Waals surface area contributed by atoms with Gasteiger partial charge in [-0.1, -0.05) is 26.1 Å². The van der Waals surface area contributed by atoms with Crippen LogP contribution in [0.3, 0.4) is 0 Å². The van der Waals surface area contributed by atoms with Crippen LogP contribution in [-0.4, -0.2) is 20.0 Å². The molecule has 0 aliphatic carbocycles. The number of amides is 1. The second kappa shape index (κ2) is 3.21. The summed E-state index contributed by atoms with van der Waals surface area (Å²) in [6, 6.07) is 3.08. The van der Waals surface area contributed by atoms with Gasteiger partial charge in [-0.05, 0) is 12.0 Å². The predicted molar refractivity (Wildman–Crippen MR) is 53.9 cm³/mol. The summed E-state index contributed by atoms with van der Waals surface area (Å²) in [4.78, 5) is 10.9. The Kier molecular flexibility index (Phi) is 2.61. The summed E-state index contributed by atoms with van der Waals surface area (Å²) >= 11 is 0. The molecule has 0 aromatic heterocycles. The Balaban J connectivity index is 2.52. The first kappa shape index (κ1) is 9.77.